The van der Waals surface area contributed by atoms with E-state index in [-0.39, 0.29) is 6.04 Å². The molecule has 2 aromatic rings. The van der Waals surface area contributed by atoms with Gasteiger partial charge in [-0.05, 0) is 51.9 Å². The Hall–Kier alpha value is -2.35. The van der Waals surface area contributed by atoms with Crippen LogP contribution in [0.3, 0.4) is 0 Å². The number of hydrogen-bond acceptors (Lipinski definition) is 5. The van der Waals surface area contributed by atoms with E-state index in [0.717, 1.165) is 49.5 Å². The van der Waals surface area contributed by atoms with Crippen LogP contribution in [0.15, 0.2) is 27.9 Å². The molecular weight excluding hydrogens is 330 g/mol. The Kier molecular flexibility index (Phi) is 6.27. The molecule has 1 fully saturated rings. The molecule has 2 aromatic heterocycles. The summed E-state index contributed by atoms with van der Waals surface area (Å²) in [6.07, 6.45) is 4.04. The molecule has 8 nitrogen and oxygen atoms in total. The average molecular weight is 359 g/mol. The fraction of sp³-hybridized carbons (Fsp3) is 0.611. The predicted octanol–water partition coefficient (Wildman–Crippen LogP) is 1.61. The highest BCUT2D eigenvalue weighted by Gasteiger charge is 2.26. The van der Waals surface area contributed by atoms with Crippen LogP contribution >= 0.6 is 0 Å². The van der Waals surface area contributed by atoms with Crippen LogP contribution in [0.2, 0.25) is 0 Å². The Bertz CT molecular complexity index is 715. The van der Waals surface area contributed by atoms with E-state index in [9.17, 15) is 0 Å². The van der Waals surface area contributed by atoms with Crippen molar-refractivity contribution in [2.24, 2.45) is 12.0 Å². The van der Waals surface area contributed by atoms with Crippen molar-refractivity contribution in [1.82, 2.24) is 30.3 Å². The molecule has 0 saturated carbocycles. The maximum Gasteiger partial charge on any atom is 0.191 e. The highest BCUT2D eigenvalue weighted by Crippen LogP contribution is 2.26. The van der Waals surface area contributed by atoms with Crippen molar-refractivity contribution in [1.29, 1.82) is 0 Å². The minimum absolute atomic E-state index is 0.213. The number of aryl methyl sites for hydroxylation is 2. The number of hydrogen-bond donors (Lipinski definition) is 2. The Labute approximate surface area is 154 Å². The van der Waals surface area contributed by atoms with Crippen LogP contribution in [0, 0.1) is 6.92 Å². The first-order valence-corrected chi connectivity index (χ1v) is 9.32. The van der Waals surface area contributed by atoms with Gasteiger partial charge in [0.15, 0.2) is 5.96 Å². The lowest BCUT2D eigenvalue weighted by molar-refractivity contribution is 0.213. The predicted molar refractivity (Wildman–Crippen MR) is 101 cm³/mol. The number of rotatable bonds is 7. The zero-order valence-electron chi connectivity index (χ0n) is 15.9. The molecule has 1 aliphatic heterocycles. The molecule has 3 rings (SSSR count). The normalized spacial score (nSPS) is 16.8. The van der Waals surface area contributed by atoms with Gasteiger partial charge in [0.2, 0.25) is 0 Å². The number of furan rings is 1. The molecule has 0 aromatic carbocycles. The van der Waals surface area contributed by atoms with Crippen molar-refractivity contribution in [3.05, 3.63) is 35.8 Å². The minimum atomic E-state index is 0.213. The van der Waals surface area contributed by atoms with Gasteiger partial charge < -0.3 is 15.1 Å². The third kappa shape index (κ3) is 4.63. The Morgan fingerprint density at radius 3 is 2.73 bits per heavy atom. The second-order valence-corrected chi connectivity index (χ2v) is 6.58. The Balaban J connectivity index is 1.67. The van der Waals surface area contributed by atoms with E-state index >= 15 is 0 Å². The number of aromatic nitrogens is 3. The van der Waals surface area contributed by atoms with Gasteiger partial charge in [-0.15, -0.1) is 0 Å². The van der Waals surface area contributed by atoms with Crippen molar-refractivity contribution in [2.45, 2.75) is 39.3 Å². The van der Waals surface area contributed by atoms with E-state index < -0.39 is 0 Å². The number of aliphatic imine (C=N–C) groups is 1. The minimum Gasteiger partial charge on any atom is -0.465 e. The van der Waals surface area contributed by atoms with Gasteiger partial charge in [-0.25, -0.2) is 9.98 Å². The summed E-state index contributed by atoms with van der Waals surface area (Å²) in [5, 5.41) is 10.9. The van der Waals surface area contributed by atoms with Crippen molar-refractivity contribution < 1.29 is 4.42 Å². The van der Waals surface area contributed by atoms with E-state index in [4.69, 9.17) is 4.42 Å². The van der Waals surface area contributed by atoms with Crippen LogP contribution in [0.5, 0.6) is 0 Å². The molecule has 0 radical (unpaired) electrons. The highest BCUT2D eigenvalue weighted by atomic mass is 16.3. The van der Waals surface area contributed by atoms with Gasteiger partial charge in [0.05, 0.1) is 6.04 Å². The maximum atomic E-state index is 5.92. The van der Waals surface area contributed by atoms with Crippen molar-refractivity contribution >= 4 is 5.96 Å². The molecule has 26 heavy (non-hydrogen) atoms. The molecule has 1 saturated heterocycles. The summed E-state index contributed by atoms with van der Waals surface area (Å²) in [4.78, 5) is 11.3. The van der Waals surface area contributed by atoms with Gasteiger partial charge in [-0.2, -0.15) is 5.10 Å². The number of nitrogens with zero attached hydrogens (tertiary/aromatic N) is 5. The first kappa shape index (κ1) is 18.4. The summed E-state index contributed by atoms with van der Waals surface area (Å²) in [5.74, 6) is 3.58. The molecule has 1 atom stereocenters. The highest BCUT2D eigenvalue weighted by molar-refractivity contribution is 5.79. The maximum absolute atomic E-state index is 5.92. The van der Waals surface area contributed by atoms with Crippen LogP contribution in [0.25, 0.3) is 0 Å². The first-order chi connectivity index (χ1) is 12.7. The van der Waals surface area contributed by atoms with Crippen LogP contribution in [0.1, 0.15) is 43.2 Å². The van der Waals surface area contributed by atoms with Gasteiger partial charge in [0.25, 0.3) is 0 Å². The summed E-state index contributed by atoms with van der Waals surface area (Å²) >= 11 is 0. The number of guanidine groups is 1. The van der Waals surface area contributed by atoms with Gasteiger partial charge in [-0.1, -0.05) is 0 Å². The second-order valence-electron chi connectivity index (χ2n) is 6.58. The molecule has 0 amide bonds. The summed E-state index contributed by atoms with van der Waals surface area (Å²) in [7, 11) is 1.88. The zero-order chi connectivity index (χ0) is 18.4. The Morgan fingerprint density at radius 1 is 1.31 bits per heavy atom. The molecule has 1 unspecified atom stereocenters. The molecule has 0 bridgehead atoms. The molecule has 1 aliphatic rings. The smallest absolute Gasteiger partial charge is 0.191 e. The third-order valence-corrected chi connectivity index (χ3v) is 4.66. The molecule has 142 valence electrons. The van der Waals surface area contributed by atoms with Crippen LogP contribution in [-0.4, -0.2) is 51.8 Å². The van der Waals surface area contributed by atoms with Gasteiger partial charge >= 0.3 is 0 Å². The van der Waals surface area contributed by atoms with E-state index in [2.05, 4.69) is 43.6 Å². The van der Waals surface area contributed by atoms with E-state index in [1.165, 1.54) is 12.8 Å². The van der Waals surface area contributed by atoms with Crippen molar-refractivity contribution in [2.75, 3.05) is 26.2 Å². The van der Waals surface area contributed by atoms with Crippen LogP contribution < -0.4 is 10.6 Å². The average Bonchev–Trinajstić information content (AvgIpc) is 3.36. The van der Waals surface area contributed by atoms with Crippen molar-refractivity contribution in [3.8, 4) is 0 Å². The summed E-state index contributed by atoms with van der Waals surface area (Å²) < 4.78 is 7.66. The lowest BCUT2D eigenvalue weighted by Gasteiger charge is -2.26. The largest absolute Gasteiger partial charge is 0.465 e. The van der Waals surface area contributed by atoms with E-state index in [0.29, 0.717) is 6.54 Å². The van der Waals surface area contributed by atoms with E-state index in [1.807, 2.05) is 20.0 Å². The number of likely N-dealkylation sites (tertiary alicyclic amines) is 1. The third-order valence-electron chi connectivity index (χ3n) is 4.66. The fourth-order valence-electron chi connectivity index (χ4n) is 3.24. The Morgan fingerprint density at radius 2 is 2.12 bits per heavy atom. The number of nitrogens with one attached hydrogen (secondary N) is 2. The SMILES string of the molecule is CCNC(=NCc1ncnn1C)NCC(c1ccc(C)o1)N1CCCC1. The van der Waals surface area contributed by atoms with E-state index in [1.54, 1.807) is 11.0 Å². The zero-order valence-corrected chi connectivity index (χ0v) is 15.9. The monoisotopic (exact) mass is 359 g/mol. The molecule has 8 heteroatoms. The standard InChI is InChI=1S/C18H29N7O/c1-4-19-18(21-12-17-22-13-23-24(17)3)20-11-15(25-9-5-6-10-25)16-8-7-14(2)26-16/h7-8,13,15H,4-6,9-12H2,1-3H3,(H2,19,20,21). The van der Waals surface area contributed by atoms with Gasteiger partial charge in [0.1, 0.15) is 30.2 Å². The van der Waals surface area contributed by atoms with Gasteiger partial charge in [0, 0.05) is 20.1 Å². The van der Waals surface area contributed by atoms with Crippen LogP contribution in [-0.2, 0) is 13.6 Å². The molecule has 3 heterocycles. The summed E-state index contributed by atoms with van der Waals surface area (Å²) in [5.41, 5.74) is 0. The second kappa shape index (κ2) is 8.84. The molecular formula is C18H29N7O. The topological polar surface area (TPSA) is 83.5 Å². The lowest BCUT2D eigenvalue weighted by Crippen LogP contribution is -2.42. The molecule has 0 aliphatic carbocycles. The quantitative estimate of drug-likeness (QED) is 0.577. The molecule has 0 spiro atoms. The lowest BCUT2D eigenvalue weighted by atomic mass is 10.2. The van der Waals surface area contributed by atoms with Crippen LogP contribution in [0.4, 0.5) is 0 Å². The first-order valence-electron chi connectivity index (χ1n) is 9.32. The fourth-order valence-corrected chi connectivity index (χ4v) is 3.24. The molecule has 2 N–H and O–H groups in total. The van der Waals surface area contributed by atoms with Crippen molar-refractivity contribution in [3.63, 3.8) is 0 Å². The summed E-state index contributed by atoms with van der Waals surface area (Å²) in [6, 6.07) is 4.33. The van der Waals surface area contributed by atoms with Gasteiger partial charge in [-0.3, -0.25) is 9.58 Å². The summed E-state index contributed by atoms with van der Waals surface area (Å²) in [6.45, 7) is 8.31.